The Morgan fingerprint density at radius 1 is 0.964 bits per heavy atom. The minimum atomic E-state index is -0.160. The van der Waals surface area contributed by atoms with E-state index in [1.807, 2.05) is 42.6 Å². The molecule has 1 heterocycles. The summed E-state index contributed by atoms with van der Waals surface area (Å²) in [6.45, 7) is 2.49. The van der Waals surface area contributed by atoms with Crippen LogP contribution in [0.3, 0.4) is 0 Å². The highest BCUT2D eigenvalue weighted by Crippen LogP contribution is 2.18. The minimum Gasteiger partial charge on any atom is -0.494 e. The number of hydrogen-bond acceptors (Lipinski definition) is 4. The van der Waals surface area contributed by atoms with Gasteiger partial charge in [0.1, 0.15) is 5.75 Å². The molecule has 2 amide bonds. The molecule has 28 heavy (non-hydrogen) atoms. The molecule has 0 unspecified atom stereocenters. The average molecular weight is 394 g/mol. The molecular weight excluding hydrogens is 372 g/mol. The number of rotatable bonds is 8. The zero-order chi connectivity index (χ0) is 19.8. The van der Waals surface area contributed by atoms with Crippen molar-refractivity contribution in [1.82, 2.24) is 0 Å². The third kappa shape index (κ3) is 5.96. The number of hydrogen-bond donors (Lipinski definition) is 2. The van der Waals surface area contributed by atoms with Crippen LogP contribution in [0.2, 0.25) is 0 Å². The van der Waals surface area contributed by atoms with Gasteiger partial charge in [0, 0.05) is 17.8 Å². The van der Waals surface area contributed by atoms with Crippen molar-refractivity contribution in [3.8, 4) is 5.75 Å². The van der Waals surface area contributed by atoms with Crippen molar-refractivity contribution in [2.75, 3.05) is 17.2 Å². The molecule has 0 aliphatic rings. The van der Waals surface area contributed by atoms with E-state index in [-0.39, 0.29) is 11.8 Å². The fraction of sp³-hybridized carbons (Fsp3) is 0.182. The monoisotopic (exact) mass is 394 g/mol. The van der Waals surface area contributed by atoms with Crippen LogP contribution in [0.5, 0.6) is 5.75 Å². The van der Waals surface area contributed by atoms with Crippen LogP contribution in [0.15, 0.2) is 66.0 Å². The lowest BCUT2D eigenvalue weighted by Gasteiger charge is -2.09. The van der Waals surface area contributed by atoms with Crippen LogP contribution in [-0.4, -0.2) is 18.4 Å². The largest absolute Gasteiger partial charge is 0.494 e. The van der Waals surface area contributed by atoms with E-state index in [9.17, 15) is 9.59 Å². The summed E-state index contributed by atoms with van der Waals surface area (Å²) in [5.41, 5.74) is 2.42. The topological polar surface area (TPSA) is 67.4 Å². The Morgan fingerprint density at radius 3 is 2.50 bits per heavy atom. The van der Waals surface area contributed by atoms with E-state index < -0.39 is 0 Å². The summed E-state index contributed by atoms with van der Waals surface area (Å²) < 4.78 is 5.66. The van der Waals surface area contributed by atoms with E-state index in [1.165, 1.54) is 11.3 Å². The highest BCUT2D eigenvalue weighted by atomic mass is 32.1. The number of anilines is 2. The Labute approximate surface area is 168 Å². The third-order valence-electron chi connectivity index (χ3n) is 3.96. The maximum atomic E-state index is 12.1. The summed E-state index contributed by atoms with van der Waals surface area (Å²) in [6, 6.07) is 18.5. The summed E-state index contributed by atoms with van der Waals surface area (Å²) in [6.07, 6.45) is 0.978. The van der Waals surface area contributed by atoms with Crippen molar-refractivity contribution in [3.05, 3.63) is 76.5 Å². The summed E-state index contributed by atoms with van der Waals surface area (Å²) in [5, 5.41) is 7.54. The Morgan fingerprint density at radius 2 is 1.75 bits per heavy atom. The van der Waals surface area contributed by atoms with Crippen LogP contribution in [0.25, 0.3) is 0 Å². The van der Waals surface area contributed by atoms with Gasteiger partial charge in [-0.3, -0.25) is 9.59 Å². The van der Waals surface area contributed by atoms with E-state index in [1.54, 1.807) is 30.3 Å². The molecule has 2 aromatic carbocycles. The van der Waals surface area contributed by atoms with Crippen LogP contribution in [0.4, 0.5) is 11.4 Å². The third-order valence-corrected chi connectivity index (χ3v) is 4.82. The maximum Gasteiger partial charge on any atom is 0.265 e. The Bertz CT molecular complexity index is 938. The van der Waals surface area contributed by atoms with Crippen LogP contribution >= 0.6 is 11.3 Å². The molecule has 0 saturated heterocycles. The maximum absolute atomic E-state index is 12.1. The van der Waals surface area contributed by atoms with E-state index in [2.05, 4.69) is 10.6 Å². The Balaban J connectivity index is 1.44. The first-order valence-electron chi connectivity index (χ1n) is 9.04. The van der Waals surface area contributed by atoms with Gasteiger partial charge in [0.15, 0.2) is 0 Å². The van der Waals surface area contributed by atoms with Crippen molar-refractivity contribution in [3.63, 3.8) is 0 Å². The van der Waals surface area contributed by atoms with Gasteiger partial charge in [0.25, 0.3) is 5.91 Å². The van der Waals surface area contributed by atoms with Crippen LogP contribution < -0.4 is 15.4 Å². The number of amides is 2. The number of ether oxygens (including phenoxy) is 1. The van der Waals surface area contributed by atoms with E-state index in [4.69, 9.17) is 4.74 Å². The van der Waals surface area contributed by atoms with Gasteiger partial charge in [-0.25, -0.2) is 0 Å². The molecule has 3 rings (SSSR count). The number of benzene rings is 2. The smallest absolute Gasteiger partial charge is 0.265 e. The molecule has 0 aliphatic heterocycles. The predicted molar refractivity (Wildman–Crippen MR) is 113 cm³/mol. The van der Waals surface area contributed by atoms with Crippen molar-refractivity contribution in [1.29, 1.82) is 0 Å². The Hall–Kier alpha value is -3.12. The Kier molecular flexibility index (Phi) is 6.81. The zero-order valence-electron chi connectivity index (χ0n) is 15.6. The predicted octanol–water partition coefficient (Wildman–Crippen LogP) is 5.11. The standard InChI is InChI=1S/C22H22N2O3S/c1-16-6-2-9-19(14-16)27-12-4-11-21(25)23-17-7-3-8-18(15-17)24-22(26)20-10-5-13-28-20/h2-3,5-10,13-15H,4,11-12H2,1H3,(H,23,25)(H,24,26). The molecule has 0 atom stereocenters. The zero-order valence-corrected chi connectivity index (χ0v) is 16.4. The molecule has 0 fully saturated rings. The first-order valence-corrected chi connectivity index (χ1v) is 9.92. The van der Waals surface area contributed by atoms with Crippen molar-refractivity contribution in [2.45, 2.75) is 19.8 Å². The van der Waals surface area contributed by atoms with Gasteiger partial charge in [0.05, 0.1) is 11.5 Å². The van der Waals surface area contributed by atoms with E-state index in [0.29, 0.717) is 35.7 Å². The number of carbonyl (C=O) groups is 2. The summed E-state index contributed by atoms with van der Waals surface area (Å²) in [7, 11) is 0. The van der Waals surface area contributed by atoms with E-state index in [0.717, 1.165) is 11.3 Å². The first-order chi connectivity index (χ1) is 13.6. The second kappa shape index (κ2) is 9.71. The molecule has 0 radical (unpaired) electrons. The average Bonchev–Trinajstić information content (AvgIpc) is 3.21. The molecular formula is C22H22N2O3S. The first kappa shape index (κ1) is 19.6. The minimum absolute atomic E-state index is 0.0884. The van der Waals surface area contributed by atoms with Crippen molar-refractivity contribution in [2.24, 2.45) is 0 Å². The fourth-order valence-corrected chi connectivity index (χ4v) is 3.25. The van der Waals surface area contributed by atoms with Gasteiger partial charge >= 0.3 is 0 Å². The number of thiophene rings is 1. The second-order valence-electron chi connectivity index (χ2n) is 6.33. The molecule has 0 spiro atoms. The lowest BCUT2D eigenvalue weighted by molar-refractivity contribution is -0.116. The molecule has 6 heteroatoms. The van der Waals surface area contributed by atoms with Gasteiger partial charge in [0.2, 0.25) is 5.91 Å². The van der Waals surface area contributed by atoms with Gasteiger partial charge < -0.3 is 15.4 Å². The van der Waals surface area contributed by atoms with Crippen LogP contribution in [-0.2, 0) is 4.79 Å². The van der Waals surface area contributed by atoms with Crippen molar-refractivity contribution < 1.29 is 14.3 Å². The molecule has 0 aliphatic carbocycles. The van der Waals surface area contributed by atoms with Crippen molar-refractivity contribution >= 4 is 34.5 Å². The van der Waals surface area contributed by atoms with Crippen LogP contribution in [0, 0.1) is 6.92 Å². The van der Waals surface area contributed by atoms with Gasteiger partial charge in [-0.15, -0.1) is 11.3 Å². The van der Waals surface area contributed by atoms with Gasteiger partial charge in [-0.2, -0.15) is 0 Å². The number of nitrogens with one attached hydrogen (secondary N) is 2. The molecule has 5 nitrogen and oxygen atoms in total. The van der Waals surface area contributed by atoms with Gasteiger partial charge in [-0.1, -0.05) is 24.3 Å². The number of aryl methyl sites for hydroxylation is 1. The second-order valence-corrected chi connectivity index (χ2v) is 7.28. The molecule has 1 aromatic heterocycles. The molecule has 144 valence electrons. The SMILES string of the molecule is Cc1cccc(OCCCC(=O)Nc2cccc(NC(=O)c3cccs3)c2)c1. The van der Waals surface area contributed by atoms with E-state index >= 15 is 0 Å². The quantitative estimate of drug-likeness (QED) is 0.522. The summed E-state index contributed by atoms with van der Waals surface area (Å²) in [4.78, 5) is 24.9. The van der Waals surface area contributed by atoms with Crippen LogP contribution in [0.1, 0.15) is 28.1 Å². The lowest BCUT2D eigenvalue weighted by Crippen LogP contribution is -2.14. The van der Waals surface area contributed by atoms with Gasteiger partial charge in [-0.05, 0) is 60.7 Å². The number of carbonyl (C=O) groups excluding carboxylic acids is 2. The molecule has 0 bridgehead atoms. The molecule has 2 N–H and O–H groups in total. The normalized spacial score (nSPS) is 10.3. The molecule has 0 saturated carbocycles. The molecule has 3 aromatic rings. The summed E-state index contributed by atoms with van der Waals surface area (Å²) in [5.74, 6) is 0.566. The summed E-state index contributed by atoms with van der Waals surface area (Å²) >= 11 is 1.38. The fourth-order valence-electron chi connectivity index (χ4n) is 2.63. The highest BCUT2D eigenvalue weighted by molar-refractivity contribution is 7.12. The lowest BCUT2D eigenvalue weighted by atomic mass is 10.2. The highest BCUT2D eigenvalue weighted by Gasteiger charge is 2.08.